The van der Waals surface area contributed by atoms with Crippen molar-refractivity contribution in [1.82, 2.24) is 4.98 Å². The van der Waals surface area contributed by atoms with Crippen molar-refractivity contribution in [3.8, 4) is 5.75 Å². The Hall–Kier alpha value is -3.73. The van der Waals surface area contributed by atoms with E-state index in [0.717, 1.165) is 40.9 Å². The van der Waals surface area contributed by atoms with E-state index in [1.807, 2.05) is 43.5 Å². The third kappa shape index (κ3) is 5.79. The van der Waals surface area contributed by atoms with Crippen molar-refractivity contribution in [2.45, 2.75) is 33.3 Å². The predicted molar refractivity (Wildman–Crippen MR) is 138 cm³/mol. The average Bonchev–Trinajstić information content (AvgIpc) is 3.31. The molecule has 4 aromatic rings. The number of H-pyrrole nitrogens is 1. The molecule has 0 spiro atoms. The summed E-state index contributed by atoms with van der Waals surface area (Å²) >= 11 is 0. The van der Waals surface area contributed by atoms with Crippen LogP contribution in [0.1, 0.15) is 34.8 Å². The Morgan fingerprint density at radius 2 is 1.79 bits per heavy atom. The molecule has 1 unspecified atom stereocenters. The van der Waals surface area contributed by atoms with Gasteiger partial charge in [-0.2, -0.15) is 0 Å². The van der Waals surface area contributed by atoms with Crippen LogP contribution in [-0.4, -0.2) is 36.8 Å². The lowest BCUT2D eigenvalue weighted by Gasteiger charge is -2.29. The molecule has 5 nitrogen and oxygen atoms in total. The number of carbonyl (C=O) groups is 1. The van der Waals surface area contributed by atoms with Crippen LogP contribution in [0.15, 0.2) is 79.0 Å². The number of aromatic amines is 1. The number of benzene rings is 3. The Bertz CT molecular complexity index is 1230. The van der Waals surface area contributed by atoms with Crippen LogP contribution in [-0.2, 0) is 4.74 Å². The monoisotopic (exact) mass is 456 g/mol. The van der Waals surface area contributed by atoms with Gasteiger partial charge in [-0.3, -0.25) is 0 Å². The largest absolute Gasteiger partial charge is 0.489 e. The van der Waals surface area contributed by atoms with Gasteiger partial charge in [0.05, 0.1) is 12.1 Å². The van der Waals surface area contributed by atoms with Crippen molar-refractivity contribution in [3.63, 3.8) is 0 Å². The number of rotatable bonds is 10. The topological polar surface area (TPSA) is 54.6 Å². The van der Waals surface area contributed by atoms with E-state index in [1.165, 1.54) is 5.56 Å². The van der Waals surface area contributed by atoms with Gasteiger partial charge in [0.15, 0.2) is 6.10 Å². The summed E-state index contributed by atoms with van der Waals surface area (Å²) in [5, 5.41) is 1.02. The van der Waals surface area contributed by atoms with E-state index in [0.29, 0.717) is 12.1 Å². The van der Waals surface area contributed by atoms with Crippen LogP contribution in [0.5, 0.6) is 5.75 Å². The number of ether oxygens (including phenoxy) is 2. The summed E-state index contributed by atoms with van der Waals surface area (Å²) in [5.41, 5.74) is 4.98. The second kappa shape index (κ2) is 10.9. The molecule has 0 radical (unpaired) electrons. The molecular formula is C29H32N2O3. The van der Waals surface area contributed by atoms with Gasteiger partial charge < -0.3 is 19.4 Å². The average molecular weight is 457 g/mol. The SMILES string of the molecule is CCCN(CC(COc1cc(C)cc2[nH]ccc12)OC(=O)c1ccccc1)c1cccc(C)c1. The van der Waals surface area contributed by atoms with E-state index in [-0.39, 0.29) is 12.6 Å². The summed E-state index contributed by atoms with van der Waals surface area (Å²) in [6.45, 7) is 7.94. The first-order valence-corrected chi connectivity index (χ1v) is 11.8. The van der Waals surface area contributed by atoms with Gasteiger partial charge in [-0.05, 0) is 73.9 Å². The van der Waals surface area contributed by atoms with Gasteiger partial charge in [-0.1, -0.05) is 37.3 Å². The smallest absolute Gasteiger partial charge is 0.338 e. The predicted octanol–water partition coefficient (Wildman–Crippen LogP) is 6.31. The molecule has 0 saturated heterocycles. The fourth-order valence-electron chi connectivity index (χ4n) is 4.16. The van der Waals surface area contributed by atoms with Crippen LogP contribution in [0, 0.1) is 13.8 Å². The van der Waals surface area contributed by atoms with E-state index >= 15 is 0 Å². The van der Waals surface area contributed by atoms with Gasteiger partial charge in [-0.25, -0.2) is 4.79 Å². The van der Waals surface area contributed by atoms with Gasteiger partial charge in [0.1, 0.15) is 12.4 Å². The first-order valence-electron chi connectivity index (χ1n) is 11.8. The number of carbonyl (C=O) groups excluding carboxylic acids is 1. The van der Waals surface area contributed by atoms with E-state index in [2.05, 4.69) is 54.1 Å². The third-order valence-corrected chi connectivity index (χ3v) is 5.77. The number of aromatic nitrogens is 1. The zero-order valence-electron chi connectivity index (χ0n) is 20.1. The molecular weight excluding hydrogens is 424 g/mol. The highest BCUT2D eigenvalue weighted by molar-refractivity contribution is 5.89. The number of nitrogens with one attached hydrogen (secondary N) is 1. The zero-order chi connectivity index (χ0) is 23.9. The summed E-state index contributed by atoms with van der Waals surface area (Å²) in [5.74, 6) is 0.445. The van der Waals surface area contributed by atoms with Gasteiger partial charge in [0.25, 0.3) is 0 Å². The molecule has 1 N–H and O–H groups in total. The van der Waals surface area contributed by atoms with E-state index in [1.54, 1.807) is 12.1 Å². The Morgan fingerprint density at radius 3 is 2.56 bits per heavy atom. The minimum atomic E-state index is -0.450. The minimum Gasteiger partial charge on any atom is -0.489 e. The van der Waals surface area contributed by atoms with Crippen molar-refractivity contribution in [1.29, 1.82) is 0 Å². The first kappa shape index (κ1) is 23.4. The maximum atomic E-state index is 12.9. The number of aryl methyl sites for hydroxylation is 2. The standard InChI is InChI=1S/C29H32N2O3/c1-4-15-31(24-12-8-9-21(2)16-24)19-25(34-29(32)23-10-6-5-7-11-23)20-33-28-18-22(3)17-27-26(28)13-14-30-27/h5-14,16-18,25,30H,4,15,19-20H2,1-3H3. The summed E-state index contributed by atoms with van der Waals surface area (Å²) < 4.78 is 12.3. The zero-order valence-corrected chi connectivity index (χ0v) is 20.1. The van der Waals surface area contributed by atoms with Crippen LogP contribution in [0.2, 0.25) is 0 Å². The molecule has 0 amide bonds. The van der Waals surface area contributed by atoms with Crippen molar-refractivity contribution in [2.24, 2.45) is 0 Å². The molecule has 1 aromatic heterocycles. The van der Waals surface area contributed by atoms with Gasteiger partial charge in [-0.15, -0.1) is 0 Å². The highest BCUT2D eigenvalue weighted by Crippen LogP contribution is 2.27. The molecule has 1 atom stereocenters. The van der Waals surface area contributed by atoms with Crippen molar-refractivity contribution in [2.75, 3.05) is 24.6 Å². The van der Waals surface area contributed by atoms with Crippen molar-refractivity contribution < 1.29 is 14.3 Å². The summed E-state index contributed by atoms with van der Waals surface area (Å²) in [4.78, 5) is 18.4. The molecule has 1 heterocycles. The maximum Gasteiger partial charge on any atom is 0.338 e. The molecule has 0 aliphatic rings. The van der Waals surface area contributed by atoms with Crippen LogP contribution in [0.4, 0.5) is 5.69 Å². The lowest BCUT2D eigenvalue weighted by Crippen LogP contribution is -2.39. The van der Waals surface area contributed by atoms with E-state index in [4.69, 9.17) is 9.47 Å². The molecule has 0 aliphatic carbocycles. The number of anilines is 1. The molecule has 0 fully saturated rings. The normalized spacial score (nSPS) is 11.9. The fraction of sp³-hybridized carbons (Fsp3) is 0.276. The Kier molecular flexibility index (Phi) is 7.53. The van der Waals surface area contributed by atoms with Crippen LogP contribution >= 0.6 is 0 Å². The lowest BCUT2D eigenvalue weighted by atomic mass is 10.1. The molecule has 0 bridgehead atoms. The third-order valence-electron chi connectivity index (χ3n) is 5.77. The van der Waals surface area contributed by atoms with Crippen molar-refractivity contribution >= 4 is 22.6 Å². The molecule has 5 heteroatoms. The van der Waals surface area contributed by atoms with Crippen LogP contribution < -0.4 is 9.64 Å². The Balaban J connectivity index is 1.57. The maximum absolute atomic E-state index is 12.9. The first-order chi connectivity index (χ1) is 16.5. The number of nitrogens with zero attached hydrogens (tertiary/aromatic N) is 1. The highest BCUT2D eigenvalue weighted by Gasteiger charge is 2.21. The number of hydrogen-bond donors (Lipinski definition) is 1. The molecule has 0 aliphatic heterocycles. The Labute approximate surface area is 201 Å². The Morgan fingerprint density at radius 1 is 0.971 bits per heavy atom. The fourth-order valence-corrected chi connectivity index (χ4v) is 4.16. The van der Waals surface area contributed by atoms with Gasteiger partial charge >= 0.3 is 5.97 Å². The number of hydrogen-bond acceptors (Lipinski definition) is 4. The highest BCUT2D eigenvalue weighted by atomic mass is 16.6. The number of fused-ring (bicyclic) bond motifs is 1. The molecule has 176 valence electrons. The lowest BCUT2D eigenvalue weighted by molar-refractivity contribution is 0.0197. The van der Waals surface area contributed by atoms with Crippen molar-refractivity contribution in [3.05, 3.63) is 95.7 Å². The van der Waals surface area contributed by atoms with Gasteiger partial charge in [0.2, 0.25) is 0 Å². The molecule has 34 heavy (non-hydrogen) atoms. The molecule has 4 rings (SSSR count). The molecule has 3 aromatic carbocycles. The van der Waals surface area contributed by atoms with Crippen LogP contribution in [0.3, 0.4) is 0 Å². The summed E-state index contributed by atoms with van der Waals surface area (Å²) in [6, 6.07) is 23.6. The summed E-state index contributed by atoms with van der Waals surface area (Å²) in [7, 11) is 0. The second-order valence-electron chi connectivity index (χ2n) is 8.69. The van der Waals surface area contributed by atoms with E-state index < -0.39 is 6.10 Å². The van der Waals surface area contributed by atoms with Gasteiger partial charge in [0, 0.05) is 29.3 Å². The quantitative estimate of drug-likeness (QED) is 0.284. The summed E-state index contributed by atoms with van der Waals surface area (Å²) in [6.07, 6.45) is 2.44. The van der Waals surface area contributed by atoms with Crippen LogP contribution in [0.25, 0.3) is 10.9 Å². The minimum absolute atomic E-state index is 0.258. The van der Waals surface area contributed by atoms with E-state index in [9.17, 15) is 4.79 Å². The second-order valence-corrected chi connectivity index (χ2v) is 8.69. The number of esters is 1. The molecule has 0 saturated carbocycles.